The quantitative estimate of drug-likeness (QED) is 0.476. The Hall–Kier alpha value is -3.04. The Morgan fingerprint density at radius 2 is 1.76 bits per heavy atom. The number of hydrogen-bond acceptors (Lipinski definition) is 9. The number of anilines is 3. The van der Waals surface area contributed by atoms with E-state index in [1.165, 1.54) is 0 Å². The van der Waals surface area contributed by atoms with Crippen LogP contribution in [0, 0.1) is 0 Å². The predicted molar refractivity (Wildman–Crippen MR) is 133 cm³/mol. The number of nitrogens with one attached hydrogen (secondary N) is 1. The molecule has 0 aliphatic carbocycles. The number of likely N-dealkylation sites (N-methyl/N-ethyl adjacent to an activating group) is 1. The Kier molecular flexibility index (Phi) is 6.90. The highest BCUT2D eigenvalue weighted by Crippen LogP contribution is 2.30. The molecule has 9 nitrogen and oxygen atoms in total. The Morgan fingerprint density at radius 1 is 1.06 bits per heavy atom. The molecule has 0 bridgehead atoms. The molecule has 4 rings (SSSR count). The maximum atomic E-state index is 9.99. The third-order valence-electron chi connectivity index (χ3n) is 6.29. The van der Waals surface area contributed by atoms with E-state index in [9.17, 15) is 5.11 Å². The van der Waals surface area contributed by atoms with Gasteiger partial charge in [-0.2, -0.15) is 0 Å². The van der Waals surface area contributed by atoms with E-state index in [1.807, 2.05) is 31.6 Å². The second-order valence-electron chi connectivity index (χ2n) is 9.20. The van der Waals surface area contributed by atoms with E-state index in [1.54, 1.807) is 6.07 Å². The average molecular weight is 451 g/mol. The normalized spacial score (nSPS) is 16.7. The molecule has 0 saturated carbocycles. The van der Waals surface area contributed by atoms with Crippen molar-refractivity contribution in [2.24, 2.45) is 0 Å². The molecule has 1 aliphatic rings. The lowest BCUT2D eigenvalue weighted by Gasteiger charge is -2.32. The summed E-state index contributed by atoms with van der Waals surface area (Å²) in [5.41, 5.74) is 9.60. The highest BCUT2D eigenvalue weighted by molar-refractivity contribution is 5.91. The number of fused-ring (bicyclic) bond motifs is 1. The SMILES string of the molecule is CCCCC(C)(CO)Nc1cc(N)nc2cc(-c3cnc(N4CCN(C)CC4)nc3)cnc12. The third-order valence-corrected chi connectivity index (χ3v) is 6.29. The zero-order chi connectivity index (χ0) is 23.4. The molecular weight excluding hydrogens is 416 g/mol. The van der Waals surface area contributed by atoms with Crippen LogP contribution in [-0.4, -0.2) is 75.3 Å². The van der Waals surface area contributed by atoms with Crippen LogP contribution in [0.15, 0.2) is 30.7 Å². The molecule has 0 radical (unpaired) electrons. The van der Waals surface area contributed by atoms with Gasteiger partial charge in [0.05, 0.1) is 23.3 Å². The maximum Gasteiger partial charge on any atom is 0.225 e. The van der Waals surface area contributed by atoms with Gasteiger partial charge in [-0.3, -0.25) is 4.98 Å². The lowest BCUT2D eigenvalue weighted by molar-refractivity contribution is 0.212. The molecule has 3 aromatic heterocycles. The first-order valence-corrected chi connectivity index (χ1v) is 11.6. The van der Waals surface area contributed by atoms with Crippen molar-refractivity contribution in [2.45, 2.75) is 38.6 Å². The number of rotatable bonds is 8. The minimum Gasteiger partial charge on any atom is -0.394 e. The van der Waals surface area contributed by atoms with E-state index in [0.29, 0.717) is 11.3 Å². The summed E-state index contributed by atoms with van der Waals surface area (Å²) in [7, 11) is 2.13. The number of hydrogen-bond donors (Lipinski definition) is 3. The topological polar surface area (TPSA) is 116 Å². The van der Waals surface area contributed by atoms with Crippen LogP contribution in [0.25, 0.3) is 22.2 Å². The fourth-order valence-electron chi connectivity index (χ4n) is 4.10. The zero-order valence-corrected chi connectivity index (χ0v) is 19.8. The first-order valence-electron chi connectivity index (χ1n) is 11.6. The van der Waals surface area contributed by atoms with E-state index in [4.69, 9.17) is 5.73 Å². The molecule has 4 N–H and O–H groups in total. The number of aliphatic hydroxyl groups excluding tert-OH is 1. The number of nitrogens with zero attached hydrogens (tertiary/aromatic N) is 6. The molecule has 0 aromatic carbocycles. The number of aromatic nitrogens is 4. The molecule has 3 aromatic rings. The van der Waals surface area contributed by atoms with Crippen LogP contribution in [0.2, 0.25) is 0 Å². The number of nitrogen functional groups attached to an aromatic ring is 1. The Bertz CT molecular complexity index is 1080. The van der Waals surface area contributed by atoms with E-state index >= 15 is 0 Å². The van der Waals surface area contributed by atoms with Gasteiger partial charge in [0.1, 0.15) is 11.3 Å². The molecule has 1 aliphatic heterocycles. The van der Waals surface area contributed by atoms with Crippen molar-refractivity contribution in [1.29, 1.82) is 0 Å². The number of aliphatic hydroxyl groups is 1. The van der Waals surface area contributed by atoms with E-state index in [2.05, 4.69) is 49.0 Å². The second-order valence-corrected chi connectivity index (χ2v) is 9.20. The van der Waals surface area contributed by atoms with E-state index in [-0.39, 0.29) is 6.61 Å². The lowest BCUT2D eigenvalue weighted by Crippen LogP contribution is -2.45. The minimum absolute atomic E-state index is 0.0196. The monoisotopic (exact) mass is 450 g/mol. The summed E-state index contributed by atoms with van der Waals surface area (Å²) in [5, 5.41) is 13.5. The largest absolute Gasteiger partial charge is 0.394 e. The van der Waals surface area contributed by atoms with Gasteiger partial charge >= 0.3 is 0 Å². The third kappa shape index (κ3) is 5.31. The van der Waals surface area contributed by atoms with Crippen molar-refractivity contribution in [3.05, 3.63) is 30.7 Å². The predicted octanol–water partition coefficient (Wildman–Crippen LogP) is 2.77. The van der Waals surface area contributed by atoms with Gasteiger partial charge in [0.25, 0.3) is 0 Å². The first kappa shape index (κ1) is 23.1. The van der Waals surface area contributed by atoms with Gasteiger partial charge in [-0.15, -0.1) is 0 Å². The summed E-state index contributed by atoms with van der Waals surface area (Å²) in [5.74, 6) is 1.16. The van der Waals surface area contributed by atoms with Crippen molar-refractivity contribution in [2.75, 3.05) is 55.8 Å². The van der Waals surface area contributed by atoms with Crippen LogP contribution in [0.3, 0.4) is 0 Å². The highest BCUT2D eigenvalue weighted by Gasteiger charge is 2.24. The summed E-state index contributed by atoms with van der Waals surface area (Å²) in [6, 6.07) is 3.74. The van der Waals surface area contributed by atoms with Crippen LogP contribution in [-0.2, 0) is 0 Å². The Labute approximate surface area is 195 Å². The van der Waals surface area contributed by atoms with Crippen LogP contribution in [0.1, 0.15) is 33.1 Å². The van der Waals surface area contributed by atoms with Crippen molar-refractivity contribution >= 4 is 28.5 Å². The van der Waals surface area contributed by atoms with Gasteiger partial charge in [0, 0.05) is 62.0 Å². The molecule has 1 atom stereocenters. The molecule has 0 spiro atoms. The fraction of sp³-hybridized carbons (Fsp3) is 0.500. The summed E-state index contributed by atoms with van der Waals surface area (Å²) >= 11 is 0. The Morgan fingerprint density at radius 3 is 2.42 bits per heavy atom. The fourth-order valence-corrected chi connectivity index (χ4v) is 4.10. The lowest BCUT2D eigenvalue weighted by atomic mass is 9.95. The van der Waals surface area contributed by atoms with Crippen LogP contribution < -0.4 is 16.0 Å². The summed E-state index contributed by atoms with van der Waals surface area (Å²) in [6.07, 6.45) is 8.41. The van der Waals surface area contributed by atoms with Gasteiger partial charge in [-0.1, -0.05) is 19.8 Å². The van der Waals surface area contributed by atoms with Gasteiger partial charge in [-0.25, -0.2) is 15.0 Å². The molecule has 1 fully saturated rings. The van der Waals surface area contributed by atoms with Crippen molar-refractivity contribution in [1.82, 2.24) is 24.8 Å². The van der Waals surface area contributed by atoms with E-state index < -0.39 is 5.54 Å². The number of unbranched alkanes of at least 4 members (excludes halogenated alkanes) is 1. The van der Waals surface area contributed by atoms with Gasteiger partial charge in [-0.05, 0) is 26.5 Å². The standard InChI is InChI=1S/C24H34N8O/c1-4-5-6-24(2,16-33)30-20-12-21(25)29-19-11-17(13-26-22(19)20)18-14-27-23(28-15-18)32-9-7-31(3)8-10-32/h11-15,33H,4-10,16H2,1-3H3,(H3,25,29,30). The molecule has 0 amide bonds. The number of piperazine rings is 1. The molecular formula is C24H34N8O. The average Bonchev–Trinajstić information content (AvgIpc) is 2.83. The summed E-state index contributed by atoms with van der Waals surface area (Å²) < 4.78 is 0. The van der Waals surface area contributed by atoms with Gasteiger partial charge in [0.2, 0.25) is 5.95 Å². The van der Waals surface area contributed by atoms with Crippen LogP contribution in [0.5, 0.6) is 0 Å². The van der Waals surface area contributed by atoms with Crippen molar-refractivity contribution in [3.8, 4) is 11.1 Å². The second kappa shape index (κ2) is 9.84. The summed E-state index contributed by atoms with van der Waals surface area (Å²) in [4.78, 5) is 22.9. The maximum absolute atomic E-state index is 9.99. The van der Waals surface area contributed by atoms with Crippen molar-refractivity contribution < 1.29 is 5.11 Å². The molecule has 1 saturated heterocycles. The zero-order valence-electron chi connectivity index (χ0n) is 19.8. The molecule has 9 heteroatoms. The highest BCUT2D eigenvalue weighted by atomic mass is 16.3. The number of nitrogens with two attached hydrogens (primary N) is 1. The van der Waals surface area contributed by atoms with Crippen molar-refractivity contribution in [3.63, 3.8) is 0 Å². The first-order chi connectivity index (χ1) is 15.9. The van der Waals surface area contributed by atoms with Gasteiger partial charge < -0.3 is 26.0 Å². The molecule has 176 valence electrons. The molecule has 1 unspecified atom stereocenters. The van der Waals surface area contributed by atoms with Gasteiger partial charge in [0.15, 0.2) is 0 Å². The minimum atomic E-state index is -0.454. The van der Waals surface area contributed by atoms with Crippen LogP contribution >= 0.6 is 0 Å². The van der Waals surface area contributed by atoms with Crippen LogP contribution in [0.4, 0.5) is 17.5 Å². The summed E-state index contributed by atoms with van der Waals surface area (Å²) in [6.45, 7) is 8.05. The molecule has 33 heavy (non-hydrogen) atoms. The smallest absolute Gasteiger partial charge is 0.225 e. The number of pyridine rings is 2. The van der Waals surface area contributed by atoms with E-state index in [0.717, 1.165) is 73.7 Å². The Balaban J connectivity index is 1.59. The molecule has 4 heterocycles.